The Kier molecular flexibility index (Phi) is 3.47. The molecule has 0 aliphatic heterocycles. The first kappa shape index (κ1) is 12.0. The highest BCUT2D eigenvalue weighted by Gasteiger charge is 2.23. The Balaban J connectivity index is 2.80. The normalized spacial score (nSPS) is 23.4. The lowest BCUT2D eigenvalue weighted by atomic mass is 10.0. The lowest BCUT2D eigenvalue weighted by Gasteiger charge is -2.22. The number of aliphatic carboxylic acids is 2. The molecule has 0 saturated carbocycles. The number of ether oxygens (including phenoxy) is 1. The summed E-state index contributed by atoms with van der Waals surface area (Å²) in [6.45, 7) is 3.17. The second-order valence-corrected chi connectivity index (χ2v) is 3.17. The van der Waals surface area contributed by atoms with Crippen LogP contribution in [0.3, 0.4) is 0 Å². The zero-order valence-corrected chi connectivity index (χ0v) is 8.29. The molecule has 0 spiro atoms. The van der Waals surface area contributed by atoms with Gasteiger partial charge in [-0.25, -0.2) is 9.59 Å². The zero-order valence-electron chi connectivity index (χ0n) is 8.29. The van der Waals surface area contributed by atoms with Crippen molar-refractivity contribution in [1.29, 1.82) is 0 Å². The van der Waals surface area contributed by atoms with Crippen LogP contribution in [0.2, 0.25) is 0 Å². The molecule has 4 N–H and O–H groups in total. The van der Waals surface area contributed by atoms with Crippen molar-refractivity contribution in [2.45, 2.75) is 12.1 Å². The average Bonchev–Trinajstić information content (AvgIpc) is 2.20. The third kappa shape index (κ3) is 2.71. The van der Waals surface area contributed by atoms with Gasteiger partial charge in [0.1, 0.15) is 6.10 Å². The quantitative estimate of drug-likeness (QED) is 0.454. The van der Waals surface area contributed by atoms with E-state index in [4.69, 9.17) is 20.7 Å². The van der Waals surface area contributed by atoms with Gasteiger partial charge in [-0.15, -0.1) is 0 Å². The maximum Gasteiger partial charge on any atom is 0.370 e. The summed E-state index contributed by atoms with van der Waals surface area (Å²) in [4.78, 5) is 21.1. The van der Waals surface area contributed by atoms with E-state index in [0.717, 1.165) is 0 Å². The molecular weight excluding hydrogens is 214 g/mol. The minimum Gasteiger partial charge on any atom is -0.478 e. The standard InChI is InChI=1S/C10H11NO5/c1-5(9(12)13)16-8-4-6(10(14)15)2-3-7(8)11/h2-4,7-8H,1,11H2,(H,12,13)(H,14,15). The number of hydrogen-bond donors (Lipinski definition) is 3. The number of nitrogens with two attached hydrogens (primary N) is 1. The van der Waals surface area contributed by atoms with Crippen molar-refractivity contribution < 1.29 is 24.5 Å². The number of carboxylic acid groups (broad SMARTS) is 2. The Morgan fingerprint density at radius 1 is 1.44 bits per heavy atom. The van der Waals surface area contributed by atoms with Crippen molar-refractivity contribution in [3.63, 3.8) is 0 Å². The molecule has 0 saturated heterocycles. The van der Waals surface area contributed by atoms with E-state index in [1.807, 2.05) is 0 Å². The SMILES string of the molecule is C=C(OC1C=C(C(=O)O)C=CC1N)C(=O)O. The molecule has 0 heterocycles. The molecule has 0 aromatic heterocycles. The predicted octanol–water partition coefficient (Wildman–Crippen LogP) is -0.122. The Morgan fingerprint density at radius 2 is 2.06 bits per heavy atom. The zero-order chi connectivity index (χ0) is 12.3. The molecule has 6 heteroatoms. The van der Waals surface area contributed by atoms with Crippen molar-refractivity contribution >= 4 is 11.9 Å². The molecule has 0 aromatic rings. The van der Waals surface area contributed by atoms with Crippen molar-refractivity contribution in [3.8, 4) is 0 Å². The predicted molar refractivity (Wildman–Crippen MR) is 54.5 cm³/mol. The lowest BCUT2D eigenvalue weighted by Crippen LogP contribution is -2.36. The van der Waals surface area contributed by atoms with E-state index in [0.29, 0.717) is 0 Å². The molecule has 6 nitrogen and oxygen atoms in total. The molecule has 16 heavy (non-hydrogen) atoms. The summed E-state index contributed by atoms with van der Waals surface area (Å²) < 4.78 is 4.94. The first-order chi connectivity index (χ1) is 7.41. The third-order valence-electron chi connectivity index (χ3n) is 1.99. The van der Waals surface area contributed by atoms with E-state index in [1.54, 1.807) is 0 Å². The Hall–Kier alpha value is -2.08. The molecule has 86 valence electrons. The van der Waals surface area contributed by atoms with Crippen LogP contribution in [-0.2, 0) is 14.3 Å². The third-order valence-corrected chi connectivity index (χ3v) is 1.99. The molecular formula is C10H11NO5. The van der Waals surface area contributed by atoms with E-state index in [1.165, 1.54) is 18.2 Å². The molecule has 1 aliphatic carbocycles. The summed E-state index contributed by atoms with van der Waals surface area (Å²) in [6.07, 6.45) is 3.19. The van der Waals surface area contributed by atoms with E-state index >= 15 is 0 Å². The first-order valence-corrected chi connectivity index (χ1v) is 4.39. The van der Waals surface area contributed by atoms with Gasteiger partial charge in [0, 0.05) is 0 Å². The maximum atomic E-state index is 10.7. The van der Waals surface area contributed by atoms with Crippen LogP contribution in [0, 0.1) is 0 Å². The fourth-order valence-corrected chi connectivity index (χ4v) is 1.14. The van der Waals surface area contributed by atoms with E-state index in [9.17, 15) is 9.59 Å². The highest BCUT2D eigenvalue weighted by Crippen LogP contribution is 2.15. The van der Waals surface area contributed by atoms with Crippen LogP contribution in [0.25, 0.3) is 0 Å². The Morgan fingerprint density at radius 3 is 2.56 bits per heavy atom. The monoisotopic (exact) mass is 225 g/mol. The van der Waals surface area contributed by atoms with Crippen molar-refractivity contribution in [2.24, 2.45) is 5.73 Å². The molecule has 0 bridgehead atoms. The molecule has 1 aliphatic rings. The number of hydrogen-bond acceptors (Lipinski definition) is 4. The highest BCUT2D eigenvalue weighted by atomic mass is 16.5. The molecule has 0 radical (unpaired) electrons. The summed E-state index contributed by atoms with van der Waals surface area (Å²) >= 11 is 0. The summed E-state index contributed by atoms with van der Waals surface area (Å²) in [5, 5.41) is 17.3. The van der Waals surface area contributed by atoms with Crippen LogP contribution in [0.15, 0.2) is 36.1 Å². The number of carboxylic acids is 2. The molecule has 2 unspecified atom stereocenters. The number of rotatable bonds is 4. The minimum absolute atomic E-state index is 0.00453. The maximum absolute atomic E-state index is 10.7. The molecule has 2 atom stereocenters. The summed E-state index contributed by atoms with van der Waals surface area (Å²) in [7, 11) is 0. The van der Waals surface area contributed by atoms with E-state index < -0.39 is 29.8 Å². The van der Waals surface area contributed by atoms with Crippen LogP contribution >= 0.6 is 0 Å². The van der Waals surface area contributed by atoms with Crippen LogP contribution in [0.4, 0.5) is 0 Å². The van der Waals surface area contributed by atoms with Crippen LogP contribution in [0.5, 0.6) is 0 Å². The van der Waals surface area contributed by atoms with Gasteiger partial charge in [-0.3, -0.25) is 0 Å². The highest BCUT2D eigenvalue weighted by molar-refractivity contribution is 5.90. The van der Waals surface area contributed by atoms with Gasteiger partial charge in [-0.2, -0.15) is 0 Å². The fraction of sp³-hybridized carbons (Fsp3) is 0.200. The first-order valence-electron chi connectivity index (χ1n) is 4.39. The van der Waals surface area contributed by atoms with E-state index in [2.05, 4.69) is 6.58 Å². The minimum atomic E-state index is -1.31. The summed E-state index contributed by atoms with van der Waals surface area (Å²) in [6, 6.07) is -0.598. The van der Waals surface area contributed by atoms with Crippen molar-refractivity contribution in [1.82, 2.24) is 0 Å². The molecule has 0 aromatic carbocycles. The van der Waals surface area contributed by atoms with Gasteiger partial charge < -0.3 is 20.7 Å². The molecule has 1 rings (SSSR count). The Bertz CT molecular complexity index is 396. The smallest absolute Gasteiger partial charge is 0.370 e. The van der Waals surface area contributed by atoms with Crippen molar-refractivity contribution in [2.75, 3.05) is 0 Å². The lowest BCUT2D eigenvalue weighted by molar-refractivity contribution is -0.137. The largest absolute Gasteiger partial charge is 0.478 e. The van der Waals surface area contributed by atoms with Gasteiger partial charge in [-0.05, 0) is 12.7 Å². The second-order valence-electron chi connectivity index (χ2n) is 3.17. The molecule has 0 amide bonds. The average molecular weight is 225 g/mol. The van der Waals surface area contributed by atoms with E-state index in [-0.39, 0.29) is 5.57 Å². The summed E-state index contributed by atoms with van der Waals surface area (Å²) in [5.41, 5.74) is 5.61. The van der Waals surface area contributed by atoms with Gasteiger partial charge in [0.2, 0.25) is 0 Å². The topological polar surface area (TPSA) is 110 Å². The van der Waals surface area contributed by atoms with Crippen LogP contribution < -0.4 is 5.73 Å². The number of carbonyl (C=O) groups is 2. The van der Waals surface area contributed by atoms with Crippen molar-refractivity contribution in [3.05, 3.63) is 36.1 Å². The molecule has 0 fully saturated rings. The second kappa shape index (κ2) is 4.63. The van der Waals surface area contributed by atoms with Crippen LogP contribution in [0.1, 0.15) is 0 Å². The van der Waals surface area contributed by atoms with Gasteiger partial charge in [0.25, 0.3) is 0 Å². The van der Waals surface area contributed by atoms with Gasteiger partial charge in [0.05, 0.1) is 11.6 Å². The van der Waals surface area contributed by atoms with Gasteiger partial charge in [0.15, 0.2) is 5.76 Å². The Labute approximate surface area is 91.3 Å². The van der Waals surface area contributed by atoms with Gasteiger partial charge in [-0.1, -0.05) is 12.2 Å². The van der Waals surface area contributed by atoms with Gasteiger partial charge >= 0.3 is 11.9 Å². The fourth-order valence-electron chi connectivity index (χ4n) is 1.14. The van der Waals surface area contributed by atoms with Crippen LogP contribution in [-0.4, -0.2) is 34.3 Å². The summed E-state index contributed by atoms with van der Waals surface area (Å²) in [5.74, 6) is -2.92.